The number of aromatic hydroxyl groups is 1. The van der Waals surface area contributed by atoms with Gasteiger partial charge in [0.15, 0.2) is 0 Å². The van der Waals surface area contributed by atoms with Crippen molar-refractivity contribution in [1.82, 2.24) is 0 Å². The SMILES string of the molecule is C=C(O)c1cc(C(C)(C)C)c(O)c(C(C)(C)C)c1. The molecule has 0 amide bonds. The third-order valence-corrected chi connectivity index (χ3v) is 3.06. The highest BCUT2D eigenvalue weighted by molar-refractivity contribution is 5.62. The molecule has 1 rings (SSSR count). The topological polar surface area (TPSA) is 40.5 Å². The van der Waals surface area contributed by atoms with E-state index in [4.69, 9.17) is 0 Å². The van der Waals surface area contributed by atoms with Crippen LogP contribution in [-0.2, 0) is 10.8 Å². The van der Waals surface area contributed by atoms with Crippen LogP contribution in [-0.4, -0.2) is 10.2 Å². The van der Waals surface area contributed by atoms with Crippen molar-refractivity contribution in [3.05, 3.63) is 35.4 Å². The lowest BCUT2D eigenvalue weighted by atomic mass is 9.78. The normalized spacial score (nSPS) is 12.6. The first-order valence-electron chi connectivity index (χ1n) is 6.21. The standard InChI is InChI=1S/C16H24O2/c1-10(17)11-8-12(15(2,3)4)14(18)13(9-11)16(5,6)7/h8-9,17-18H,1H2,2-7H3. The quantitative estimate of drug-likeness (QED) is 0.717. The van der Waals surface area contributed by atoms with E-state index in [1.165, 1.54) is 0 Å². The first-order chi connectivity index (χ1) is 7.94. The molecule has 2 N–H and O–H groups in total. The van der Waals surface area contributed by atoms with Gasteiger partial charge < -0.3 is 10.2 Å². The Balaban J connectivity index is 3.64. The van der Waals surface area contributed by atoms with Crippen molar-refractivity contribution in [2.24, 2.45) is 0 Å². The van der Waals surface area contributed by atoms with Crippen LogP contribution in [0.15, 0.2) is 18.7 Å². The van der Waals surface area contributed by atoms with Gasteiger partial charge in [-0.15, -0.1) is 0 Å². The molecular formula is C16H24O2. The molecule has 0 saturated carbocycles. The minimum Gasteiger partial charge on any atom is -0.508 e. The maximum Gasteiger partial charge on any atom is 0.123 e. The van der Waals surface area contributed by atoms with Gasteiger partial charge in [-0.1, -0.05) is 48.1 Å². The van der Waals surface area contributed by atoms with Crippen LogP contribution in [0.1, 0.15) is 58.2 Å². The van der Waals surface area contributed by atoms with Gasteiger partial charge in [0.2, 0.25) is 0 Å². The van der Waals surface area contributed by atoms with Crippen LogP contribution in [0.5, 0.6) is 5.75 Å². The van der Waals surface area contributed by atoms with E-state index in [-0.39, 0.29) is 16.6 Å². The molecule has 0 aromatic heterocycles. The Labute approximate surface area is 110 Å². The minimum atomic E-state index is -0.185. The molecule has 0 bridgehead atoms. The predicted octanol–water partition coefficient (Wildman–Crippen LogP) is 4.52. The van der Waals surface area contributed by atoms with E-state index in [2.05, 4.69) is 6.58 Å². The van der Waals surface area contributed by atoms with Gasteiger partial charge in [-0.2, -0.15) is 0 Å². The number of phenolic OH excluding ortho intramolecular Hbond substituents is 1. The Morgan fingerprint density at radius 3 is 1.50 bits per heavy atom. The zero-order valence-electron chi connectivity index (χ0n) is 12.3. The molecule has 0 aliphatic rings. The first-order valence-corrected chi connectivity index (χ1v) is 6.21. The number of phenols is 1. The number of benzene rings is 1. The molecule has 2 heteroatoms. The minimum absolute atomic E-state index is 0.0333. The molecule has 0 atom stereocenters. The van der Waals surface area contributed by atoms with Crippen molar-refractivity contribution in [1.29, 1.82) is 0 Å². The van der Waals surface area contributed by atoms with Crippen LogP contribution < -0.4 is 0 Å². The highest BCUT2D eigenvalue weighted by Gasteiger charge is 2.26. The second-order valence-electron chi connectivity index (χ2n) is 6.87. The summed E-state index contributed by atoms with van der Waals surface area (Å²) < 4.78 is 0. The Hall–Kier alpha value is -1.44. The molecule has 1 aromatic carbocycles. The van der Waals surface area contributed by atoms with Crippen molar-refractivity contribution in [3.8, 4) is 5.75 Å². The van der Waals surface area contributed by atoms with Gasteiger partial charge in [0.05, 0.1) is 0 Å². The summed E-state index contributed by atoms with van der Waals surface area (Å²) >= 11 is 0. The van der Waals surface area contributed by atoms with Crippen LogP contribution in [0.2, 0.25) is 0 Å². The van der Waals surface area contributed by atoms with Gasteiger partial charge in [-0.3, -0.25) is 0 Å². The van der Waals surface area contributed by atoms with E-state index < -0.39 is 0 Å². The van der Waals surface area contributed by atoms with E-state index in [0.717, 1.165) is 11.1 Å². The number of hydrogen-bond donors (Lipinski definition) is 2. The monoisotopic (exact) mass is 248 g/mol. The third kappa shape index (κ3) is 2.87. The highest BCUT2D eigenvalue weighted by atomic mass is 16.3. The second-order valence-corrected chi connectivity index (χ2v) is 6.87. The van der Waals surface area contributed by atoms with Gasteiger partial charge in [-0.05, 0) is 23.0 Å². The fourth-order valence-electron chi connectivity index (χ4n) is 1.94. The van der Waals surface area contributed by atoms with Crippen LogP contribution in [0.25, 0.3) is 5.76 Å². The van der Waals surface area contributed by atoms with E-state index >= 15 is 0 Å². The average Bonchev–Trinajstić information content (AvgIpc) is 2.13. The fourth-order valence-corrected chi connectivity index (χ4v) is 1.94. The maximum absolute atomic E-state index is 10.5. The molecule has 1 aromatic rings. The van der Waals surface area contributed by atoms with E-state index in [1.54, 1.807) is 0 Å². The summed E-state index contributed by atoms with van der Waals surface area (Å²) in [5.41, 5.74) is 1.97. The van der Waals surface area contributed by atoms with Gasteiger partial charge in [0.25, 0.3) is 0 Å². The maximum atomic E-state index is 10.5. The number of aliphatic hydroxyl groups excluding tert-OH is 1. The summed E-state index contributed by atoms with van der Waals surface area (Å²) in [5.74, 6) is 0.353. The molecular weight excluding hydrogens is 224 g/mol. The van der Waals surface area contributed by atoms with Gasteiger partial charge in [-0.25, -0.2) is 0 Å². The highest BCUT2D eigenvalue weighted by Crippen LogP contribution is 2.40. The Bertz CT molecular complexity index is 436. The van der Waals surface area contributed by atoms with Gasteiger partial charge in [0.1, 0.15) is 11.5 Å². The molecule has 100 valence electrons. The van der Waals surface area contributed by atoms with Crippen molar-refractivity contribution < 1.29 is 10.2 Å². The van der Waals surface area contributed by atoms with Crippen molar-refractivity contribution >= 4 is 5.76 Å². The zero-order valence-corrected chi connectivity index (χ0v) is 12.3. The fraction of sp³-hybridized carbons (Fsp3) is 0.500. The van der Waals surface area contributed by atoms with E-state index in [9.17, 15) is 10.2 Å². The molecule has 2 nitrogen and oxygen atoms in total. The zero-order chi connectivity index (χ0) is 14.3. The number of rotatable bonds is 1. The molecule has 0 spiro atoms. The lowest BCUT2D eigenvalue weighted by Gasteiger charge is -2.28. The molecule has 0 fully saturated rings. The second kappa shape index (κ2) is 4.34. The first kappa shape index (κ1) is 14.6. The largest absolute Gasteiger partial charge is 0.508 e. The average molecular weight is 248 g/mol. The summed E-state index contributed by atoms with van der Waals surface area (Å²) in [6, 6.07) is 3.62. The Morgan fingerprint density at radius 2 is 1.28 bits per heavy atom. The van der Waals surface area contributed by atoms with Crippen molar-refractivity contribution in [2.75, 3.05) is 0 Å². The van der Waals surface area contributed by atoms with Crippen LogP contribution in [0.4, 0.5) is 0 Å². The molecule has 0 aliphatic carbocycles. The Morgan fingerprint density at radius 1 is 0.944 bits per heavy atom. The summed E-state index contributed by atoms with van der Waals surface area (Å²) in [6.45, 7) is 15.8. The molecule has 0 saturated heterocycles. The summed E-state index contributed by atoms with van der Waals surface area (Å²) in [7, 11) is 0. The van der Waals surface area contributed by atoms with Crippen LogP contribution >= 0.6 is 0 Å². The van der Waals surface area contributed by atoms with Crippen molar-refractivity contribution in [3.63, 3.8) is 0 Å². The summed E-state index contributed by atoms with van der Waals surface area (Å²) in [6.07, 6.45) is 0. The lowest BCUT2D eigenvalue weighted by molar-refractivity contribution is 0.422. The van der Waals surface area contributed by atoms with Crippen molar-refractivity contribution in [2.45, 2.75) is 52.4 Å². The number of aliphatic hydroxyl groups is 1. The third-order valence-electron chi connectivity index (χ3n) is 3.06. The summed E-state index contributed by atoms with van der Waals surface area (Å²) in [5, 5.41) is 20.1. The van der Waals surface area contributed by atoms with E-state index in [1.807, 2.05) is 53.7 Å². The smallest absolute Gasteiger partial charge is 0.123 e. The Kier molecular flexibility index (Phi) is 3.53. The molecule has 0 radical (unpaired) electrons. The van der Waals surface area contributed by atoms with Crippen LogP contribution in [0, 0.1) is 0 Å². The molecule has 0 aliphatic heterocycles. The van der Waals surface area contributed by atoms with E-state index in [0.29, 0.717) is 11.3 Å². The van der Waals surface area contributed by atoms with Crippen LogP contribution in [0.3, 0.4) is 0 Å². The number of hydrogen-bond acceptors (Lipinski definition) is 2. The molecule has 0 unspecified atom stereocenters. The predicted molar refractivity (Wildman–Crippen MR) is 77.2 cm³/mol. The summed E-state index contributed by atoms with van der Waals surface area (Å²) in [4.78, 5) is 0. The lowest BCUT2D eigenvalue weighted by Crippen LogP contribution is -2.17. The van der Waals surface area contributed by atoms with Gasteiger partial charge >= 0.3 is 0 Å². The molecule has 18 heavy (non-hydrogen) atoms. The molecule has 0 heterocycles. The van der Waals surface area contributed by atoms with Gasteiger partial charge in [0, 0.05) is 16.7 Å².